The van der Waals surface area contributed by atoms with Gasteiger partial charge in [0.25, 0.3) is 0 Å². The van der Waals surface area contributed by atoms with Gasteiger partial charge >= 0.3 is 0 Å². The summed E-state index contributed by atoms with van der Waals surface area (Å²) in [4.78, 5) is 2.25. The number of aliphatic hydroxyl groups is 1. The minimum Gasteiger partial charge on any atom is -0.497 e. The van der Waals surface area contributed by atoms with E-state index >= 15 is 0 Å². The van der Waals surface area contributed by atoms with Gasteiger partial charge < -0.3 is 9.84 Å². The van der Waals surface area contributed by atoms with E-state index < -0.39 is 0 Å². The van der Waals surface area contributed by atoms with Crippen molar-refractivity contribution in [2.75, 3.05) is 20.8 Å². The molecule has 0 aliphatic heterocycles. The predicted molar refractivity (Wildman–Crippen MR) is 70.2 cm³/mol. The van der Waals surface area contributed by atoms with Crippen molar-refractivity contribution < 1.29 is 9.84 Å². The van der Waals surface area contributed by atoms with Crippen molar-refractivity contribution >= 4 is 0 Å². The lowest BCUT2D eigenvalue weighted by molar-refractivity contribution is 0.110. The van der Waals surface area contributed by atoms with Gasteiger partial charge in [-0.3, -0.25) is 4.90 Å². The summed E-state index contributed by atoms with van der Waals surface area (Å²) in [6.45, 7) is 5.35. The van der Waals surface area contributed by atoms with Crippen LogP contribution in [0, 0.1) is 0 Å². The standard InChI is InChI=1S/C14H23NO2/c1-14(2,8-9-16)15(3)11-12-6-5-7-13(10-12)17-4/h5-7,10,16H,8-9,11H2,1-4H3. The topological polar surface area (TPSA) is 32.7 Å². The smallest absolute Gasteiger partial charge is 0.119 e. The summed E-state index contributed by atoms with van der Waals surface area (Å²) in [5.74, 6) is 0.885. The highest BCUT2D eigenvalue weighted by Crippen LogP contribution is 2.21. The molecule has 17 heavy (non-hydrogen) atoms. The Morgan fingerprint density at radius 2 is 2.06 bits per heavy atom. The summed E-state index contributed by atoms with van der Waals surface area (Å²) in [5, 5.41) is 9.05. The normalized spacial score (nSPS) is 11.9. The fraction of sp³-hybridized carbons (Fsp3) is 0.571. The van der Waals surface area contributed by atoms with Crippen LogP contribution in [-0.4, -0.2) is 36.3 Å². The Kier molecular flexibility index (Phi) is 4.97. The number of ether oxygens (including phenoxy) is 1. The van der Waals surface area contributed by atoms with Crippen LogP contribution in [0.4, 0.5) is 0 Å². The second kappa shape index (κ2) is 6.03. The lowest BCUT2D eigenvalue weighted by Crippen LogP contribution is -2.41. The highest BCUT2D eigenvalue weighted by Gasteiger charge is 2.22. The SMILES string of the molecule is COc1cccc(CN(C)C(C)(C)CCO)c1. The van der Waals surface area contributed by atoms with E-state index in [0.717, 1.165) is 18.7 Å². The van der Waals surface area contributed by atoms with Gasteiger partial charge in [0.15, 0.2) is 0 Å². The Balaban J connectivity index is 2.69. The number of rotatable bonds is 6. The van der Waals surface area contributed by atoms with Crippen LogP contribution in [0.2, 0.25) is 0 Å². The van der Waals surface area contributed by atoms with Crippen LogP contribution in [0.5, 0.6) is 5.75 Å². The van der Waals surface area contributed by atoms with Crippen molar-refractivity contribution in [1.29, 1.82) is 0 Å². The van der Waals surface area contributed by atoms with Gasteiger partial charge in [0.2, 0.25) is 0 Å². The molecule has 0 bridgehead atoms. The molecule has 0 saturated carbocycles. The first-order valence-electron chi connectivity index (χ1n) is 5.94. The number of benzene rings is 1. The fourth-order valence-electron chi connectivity index (χ4n) is 1.72. The predicted octanol–water partition coefficient (Wildman–Crippen LogP) is 2.29. The lowest BCUT2D eigenvalue weighted by atomic mass is 9.98. The third kappa shape index (κ3) is 4.02. The Morgan fingerprint density at radius 1 is 1.35 bits per heavy atom. The van der Waals surface area contributed by atoms with Crippen LogP contribution >= 0.6 is 0 Å². The van der Waals surface area contributed by atoms with Crippen LogP contribution in [0.25, 0.3) is 0 Å². The van der Waals surface area contributed by atoms with Crippen LogP contribution in [0.1, 0.15) is 25.8 Å². The zero-order valence-electron chi connectivity index (χ0n) is 11.2. The summed E-state index contributed by atoms with van der Waals surface area (Å²) in [7, 11) is 3.76. The van der Waals surface area contributed by atoms with Gasteiger partial charge in [0.05, 0.1) is 7.11 Å². The van der Waals surface area contributed by atoms with Crippen LogP contribution in [0.15, 0.2) is 24.3 Å². The van der Waals surface area contributed by atoms with E-state index in [9.17, 15) is 0 Å². The van der Waals surface area contributed by atoms with Gasteiger partial charge in [-0.15, -0.1) is 0 Å². The van der Waals surface area contributed by atoms with Crippen LogP contribution < -0.4 is 4.74 Å². The molecule has 1 aromatic carbocycles. The monoisotopic (exact) mass is 237 g/mol. The number of methoxy groups -OCH3 is 1. The molecule has 0 radical (unpaired) electrons. The molecule has 0 saturated heterocycles. The second-order valence-corrected chi connectivity index (χ2v) is 4.99. The third-order valence-electron chi connectivity index (χ3n) is 3.31. The minimum absolute atomic E-state index is 0.00216. The molecule has 3 heteroatoms. The summed E-state index contributed by atoms with van der Waals surface area (Å²) in [6.07, 6.45) is 0.771. The summed E-state index contributed by atoms with van der Waals surface area (Å²) in [5.41, 5.74) is 1.22. The molecular formula is C14H23NO2. The van der Waals surface area contributed by atoms with Gasteiger partial charge in [-0.2, -0.15) is 0 Å². The maximum Gasteiger partial charge on any atom is 0.119 e. The molecule has 3 nitrogen and oxygen atoms in total. The molecule has 0 aliphatic carbocycles. The molecular weight excluding hydrogens is 214 g/mol. The number of nitrogens with zero attached hydrogens (tertiary/aromatic N) is 1. The Labute approximate surface area is 104 Å². The van der Waals surface area contributed by atoms with Gasteiger partial charge in [-0.05, 0) is 45.0 Å². The number of hydrogen-bond donors (Lipinski definition) is 1. The molecule has 1 aromatic rings. The van der Waals surface area contributed by atoms with Crippen molar-refractivity contribution in [1.82, 2.24) is 4.90 Å². The fourth-order valence-corrected chi connectivity index (χ4v) is 1.72. The maximum absolute atomic E-state index is 9.05. The maximum atomic E-state index is 9.05. The molecule has 0 unspecified atom stereocenters. The highest BCUT2D eigenvalue weighted by atomic mass is 16.5. The average molecular weight is 237 g/mol. The van der Waals surface area contributed by atoms with Crippen molar-refractivity contribution in [2.24, 2.45) is 0 Å². The number of aliphatic hydroxyl groups excluding tert-OH is 1. The van der Waals surface area contributed by atoms with E-state index in [1.165, 1.54) is 5.56 Å². The van der Waals surface area contributed by atoms with Crippen LogP contribution in [0.3, 0.4) is 0 Å². The van der Waals surface area contributed by atoms with E-state index in [-0.39, 0.29) is 12.1 Å². The van der Waals surface area contributed by atoms with Crippen molar-refractivity contribution in [3.05, 3.63) is 29.8 Å². The molecule has 0 heterocycles. The summed E-state index contributed by atoms with van der Waals surface area (Å²) >= 11 is 0. The van der Waals surface area contributed by atoms with E-state index in [4.69, 9.17) is 9.84 Å². The second-order valence-electron chi connectivity index (χ2n) is 4.99. The Morgan fingerprint density at radius 3 is 2.65 bits per heavy atom. The first-order chi connectivity index (χ1) is 7.99. The first-order valence-corrected chi connectivity index (χ1v) is 5.94. The van der Waals surface area contributed by atoms with Crippen molar-refractivity contribution in [3.8, 4) is 5.75 Å². The molecule has 0 aliphatic rings. The Bertz CT molecular complexity index is 350. The molecule has 0 fully saturated rings. The van der Waals surface area contributed by atoms with E-state index in [0.29, 0.717) is 0 Å². The first kappa shape index (κ1) is 14.0. The van der Waals surface area contributed by atoms with Gasteiger partial charge in [0.1, 0.15) is 5.75 Å². The number of hydrogen-bond acceptors (Lipinski definition) is 3. The molecule has 0 amide bonds. The average Bonchev–Trinajstić information content (AvgIpc) is 2.29. The van der Waals surface area contributed by atoms with E-state index in [1.54, 1.807) is 7.11 Å². The zero-order chi connectivity index (χ0) is 12.9. The minimum atomic E-state index is -0.00216. The molecule has 96 valence electrons. The highest BCUT2D eigenvalue weighted by molar-refractivity contribution is 5.28. The van der Waals surface area contributed by atoms with Gasteiger partial charge in [0, 0.05) is 18.7 Å². The molecule has 1 N–H and O–H groups in total. The zero-order valence-corrected chi connectivity index (χ0v) is 11.2. The van der Waals surface area contributed by atoms with Gasteiger partial charge in [-0.25, -0.2) is 0 Å². The van der Waals surface area contributed by atoms with Gasteiger partial charge in [-0.1, -0.05) is 12.1 Å². The molecule has 0 spiro atoms. The summed E-state index contributed by atoms with van der Waals surface area (Å²) in [6, 6.07) is 8.09. The molecule has 0 atom stereocenters. The third-order valence-corrected chi connectivity index (χ3v) is 3.31. The van der Waals surface area contributed by atoms with Crippen molar-refractivity contribution in [2.45, 2.75) is 32.4 Å². The quantitative estimate of drug-likeness (QED) is 0.824. The molecule has 1 rings (SSSR count). The van der Waals surface area contributed by atoms with Crippen molar-refractivity contribution in [3.63, 3.8) is 0 Å². The largest absolute Gasteiger partial charge is 0.497 e. The van der Waals surface area contributed by atoms with Crippen LogP contribution in [-0.2, 0) is 6.54 Å². The molecule has 0 aromatic heterocycles. The summed E-state index contributed by atoms with van der Waals surface area (Å²) < 4.78 is 5.21. The van der Waals surface area contributed by atoms with E-state index in [1.807, 2.05) is 18.2 Å². The lowest BCUT2D eigenvalue weighted by Gasteiger charge is -2.35. The van der Waals surface area contributed by atoms with E-state index in [2.05, 4.69) is 31.9 Å². The Hall–Kier alpha value is -1.06.